The van der Waals surface area contributed by atoms with Gasteiger partial charge in [0.2, 0.25) is 10.0 Å². The van der Waals surface area contributed by atoms with Crippen LogP contribution in [-0.2, 0) is 16.6 Å². The Morgan fingerprint density at radius 2 is 1.93 bits per heavy atom. The molecule has 1 aliphatic heterocycles. The monoisotopic (exact) mass is 430 g/mol. The second-order valence-corrected chi connectivity index (χ2v) is 9.77. The molecule has 8 nitrogen and oxygen atoms in total. The van der Waals surface area contributed by atoms with E-state index in [4.69, 9.17) is 11.6 Å². The van der Waals surface area contributed by atoms with E-state index >= 15 is 0 Å². The summed E-state index contributed by atoms with van der Waals surface area (Å²) >= 11 is 7.51. The molecule has 1 aromatic carbocycles. The van der Waals surface area contributed by atoms with Gasteiger partial charge >= 0.3 is 0 Å². The van der Waals surface area contributed by atoms with E-state index in [9.17, 15) is 18.5 Å². The Labute approximate surface area is 166 Å². The maximum absolute atomic E-state index is 11.9. The minimum absolute atomic E-state index is 0.117. The Morgan fingerprint density at radius 3 is 2.48 bits per heavy atom. The zero-order valence-corrected chi connectivity index (χ0v) is 17.0. The number of nitrogens with one attached hydrogen (secondary N) is 1. The number of piperazine rings is 1. The third-order valence-corrected chi connectivity index (χ3v) is 7.07. The average molecular weight is 431 g/mol. The molecule has 2 aromatic rings. The van der Waals surface area contributed by atoms with Crippen LogP contribution in [-0.4, -0.2) is 51.5 Å². The van der Waals surface area contributed by atoms with Crippen molar-refractivity contribution in [3.8, 4) is 0 Å². The molecule has 11 heteroatoms. The molecule has 0 saturated carbocycles. The van der Waals surface area contributed by atoms with Gasteiger partial charge < -0.3 is 4.90 Å². The molecule has 146 valence electrons. The van der Waals surface area contributed by atoms with Crippen molar-refractivity contribution in [2.75, 3.05) is 38.1 Å². The zero-order chi connectivity index (χ0) is 19.6. The highest BCUT2D eigenvalue weighted by atomic mass is 35.5. The molecule has 1 fully saturated rings. The van der Waals surface area contributed by atoms with Crippen LogP contribution >= 0.6 is 22.9 Å². The number of rotatable bonds is 6. The van der Waals surface area contributed by atoms with Crippen LogP contribution in [0.5, 0.6) is 0 Å². The lowest BCUT2D eigenvalue weighted by Crippen LogP contribution is -2.46. The van der Waals surface area contributed by atoms with Gasteiger partial charge in [0.1, 0.15) is 5.69 Å². The number of nitrogens with zero attached hydrogens (tertiary/aromatic N) is 3. The topological polar surface area (TPSA) is 95.8 Å². The Morgan fingerprint density at radius 1 is 1.22 bits per heavy atom. The zero-order valence-electron chi connectivity index (χ0n) is 14.6. The van der Waals surface area contributed by atoms with Crippen molar-refractivity contribution < 1.29 is 13.3 Å². The first kappa shape index (κ1) is 20.0. The Hall–Kier alpha value is -1.72. The van der Waals surface area contributed by atoms with Crippen molar-refractivity contribution in [1.82, 2.24) is 9.62 Å². The number of hydrogen-bond acceptors (Lipinski definition) is 7. The highest BCUT2D eigenvalue weighted by molar-refractivity contribution is 7.89. The molecule has 1 saturated heterocycles. The van der Waals surface area contributed by atoms with Crippen LogP contribution in [0.15, 0.2) is 35.2 Å². The molecule has 1 aromatic heterocycles. The second-order valence-electron chi connectivity index (χ2n) is 6.08. The van der Waals surface area contributed by atoms with E-state index in [2.05, 4.69) is 9.62 Å². The maximum Gasteiger partial charge on any atom is 0.293 e. The highest BCUT2D eigenvalue weighted by Crippen LogP contribution is 2.32. The van der Waals surface area contributed by atoms with Crippen LogP contribution in [0.25, 0.3) is 0 Å². The van der Waals surface area contributed by atoms with Gasteiger partial charge in [0, 0.05) is 43.7 Å². The van der Waals surface area contributed by atoms with E-state index in [1.54, 1.807) is 11.3 Å². The van der Waals surface area contributed by atoms with E-state index in [0.29, 0.717) is 18.8 Å². The van der Waals surface area contributed by atoms with E-state index < -0.39 is 14.9 Å². The van der Waals surface area contributed by atoms with E-state index in [1.165, 1.54) is 24.1 Å². The van der Waals surface area contributed by atoms with Gasteiger partial charge in [-0.25, -0.2) is 13.1 Å². The number of sulfonamides is 1. The van der Waals surface area contributed by atoms with Crippen molar-refractivity contribution >= 4 is 44.3 Å². The fourth-order valence-electron chi connectivity index (χ4n) is 3.01. The molecule has 0 unspecified atom stereocenters. The second kappa shape index (κ2) is 8.11. The molecule has 0 bridgehead atoms. The maximum atomic E-state index is 11.9. The van der Waals surface area contributed by atoms with Crippen LogP contribution in [0, 0.1) is 10.1 Å². The summed E-state index contributed by atoms with van der Waals surface area (Å²) in [5, 5.41) is 11.5. The fourth-order valence-corrected chi connectivity index (χ4v) is 4.89. The summed E-state index contributed by atoms with van der Waals surface area (Å²) < 4.78 is 26.8. The lowest BCUT2D eigenvalue weighted by molar-refractivity contribution is -0.384. The molecule has 1 aliphatic rings. The number of nitro benzene ring substituents is 1. The molecule has 3 rings (SSSR count). The van der Waals surface area contributed by atoms with Gasteiger partial charge in [0.15, 0.2) is 0 Å². The normalized spacial score (nSPS) is 15.9. The van der Waals surface area contributed by atoms with Crippen molar-refractivity contribution in [1.29, 1.82) is 0 Å². The molecular formula is C16H19ClN4O4S2. The molecule has 0 radical (unpaired) electrons. The molecule has 27 heavy (non-hydrogen) atoms. The van der Waals surface area contributed by atoms with E-state index in [1.807, 2.05) is 17.0 Å². The molecule has 0 spiro atoms. The molecule has 0 amide bonds. The number of halogens is 1. The van der Waals surface area contributed by atoms with Crippen molar-refractivity contribution in [2.24, 2.45) is 0 Å². The number of thiophene rings is 1. The summed E-state index contributed by atoms with van der Waals surface area (Å²) in [6.45, 7) is 3.55. The molecule has 2 heterocycles. The first-order chi connectivity index (χ1) is 12.8. The number of nitro groups is 1. The lowest BCUT2D eigenvalue weighted by Gasteiger charge is -2.35. The van der Waals surface area contributed by atoms with Crippen LogP contribution in [0.1, 0.15) is 4.88 Å². The van der Waals surface area contributed by atoms with Gasteiger partial charge in [-0.1, -0.05) is 11.6 Å². The van der Waals surface area contributed by atoms with Gasteiger partial charge in [-0.2, -0.15) is 0 Å². The summed E-state index contributed by atoms with van der Waals surface area (Å²) in [5.74, 6) is 0. The SMILES string of the molecule is CNS(=O)(=O)c1ccc(N2CCN(Cc3ccc(Cl)s3)CC2)c([N+](=O)[O-])c1. The van der Waals surface area contributed by atoms with Gasteiger partial charge in [0.25, 0.3) is 5.69 Å². The Kier molecular flexibility index (Phi) is 6.02. The summed E-state index contributed by atoms with van der Waals surface area (Å²) in [7, 11) is -2.46. The predicted molar refractivity (Wildman–Crippen MR) is 106 cm³/mol. The standard InChI is InChI=1S/C16H19ClN4O4S2/c1-18-27(24,25)13-3-4-14(15(10-13)21(22)23)20-8-6-19(7-9-20)11-12-2-5-16(17)26-12/h2-5,10,18H,6-9,11H2,1H3. The first-order valence-electron chi connectivity index (χ1n) is 8.23. The third kappa shape index (κ3) is 4.58. The summed E-state index contributed by atoms with van der Waals surface area (Å²) in [6.07, 6.45) is 0. The molecule has 0 aliphatic carbocycles. The van der Waals surface area contributed by atoms with Crippen molar-refractivity contribution in [3.63, 3.8) is 0 Å². The van der Waals surface area contributed by atoms with Crippen LogP contribution < -0.4 is 9.62 Å². The molecular weight excluding hydrogens is 412 g/mol. The lowest BCUT2D eigenvalue weighted by atomic mass is 10.2. The minimum atomic E-state index is -3.73. The molecule has 0 atom stereocenters. The predicted octanol–water partition coefficient (Wildman–Crippen LogP) is 2.54. The van der Waals surface area contributed by atoms with E-state index in [-0.39, 0.29) is 10.6 Å². The van der Waals surface area contributed by atoms with Crippen molar-refractivity contribution in [2.45, 2.75) is 11.4 Å². The van der Waals surface area contributed by atoms with Gasteiger partial charge in [-0.3, -0.25) is 15.0 Å². The highest BCUT2D eigenvalue weighted by Gasteiger charge is 2.26. The van der Waals surface area contributed by atoms with Gasteiger partial charge in [-0.05, 0) is 31.3 Å². The third-order valence-electron chi connectivity index (χ3n) is 4.44. The van der Waals surface area contributed by atoms with E-state index in [0.717, 1.165) is 30.0 Å². The Bertz CT molecular complexity index is 940. The van der Waals surface area contributed by atoms with Crippen LogP contribution in [0.3, 0.4) is 0 Å². The van der Waals surface area contributed by atoms with Gasteiger partial charge in [-0.15, -0.1) is 11.3 Å². The quantitative estimate of drug-likeness (QED) is 0.558. The summed E-state index contributed by atoms with van der Waals surface area (Å²) in [4.78, 5) is 16.2. The first-order valence-corrected chi connectivity index (χ1v) is 10.9. The van der Waals surface area contributed by atoms with Crippen molar-refractivity contribution in [3.05, 3.63) is 49.7 Å². The minimum Gasteiger partial charge on any atom is -0.363 e. The smallest absolute Gasteiger partial charge is 0.293 e. The largest absolute Gasteiger partial charge is 0.363 e. The fraction of sp³-hybridized carbons (Fsp3) is 0.375. The number of anilines is 1. The van der Waals surface area contributed by atoms with Crippen LogP contribution in [0.4, 0.5) is 11.4 Å². The van der Waals surface area contributed by atoms with Crippen LogP contribution in [0.2, 0.25) is 4.34 Å². The summed E-state index contributed by atoms with van der Waals surface area (Å²) in [6, 6.07) is 7.90. The average Bonchev–Trinajstić information content (AvgIpc) is 3.06. The summed E-state index contributed by atoms with van der Waals surface area (Å²) in [5.41, 5.74) is 0.235. The van der Waals surface area contributed by atoms with Gasteiger partial charge in [0.05, 0.1) is 14.2 Å². The number of benzene rings is 1. The molecule has 1 N–H and O–H groups in total. The number of hydrogen-bond donors (Lipinski definition) is 1. The Balaban J connectivity index is 1.74.